The Bertz CT molecular complexity index is 272. The van der Waals surface area contributed by atoms with Crippen LogP contribution in [0.4, 0.5) is 0 Å². The molecule has 0 aliphatic heterocycles. The van der Waals surface area contributed by atoms with Gasteiger partial charge in [0.2, 0.25) is 0 Å². The molecule has 0 saturated heterocycles. The van der Waals surface area contributed by atoms with E-state index in [4.69, 9.17) is 5.11 Å². The van der Waals surface area contributed by atoms with Crippen molar-refractivity contribution in [2.45, 2.75) is 26.3 Å². The van der Waals surface area contributed by atoms with Crippen molar-refractivity contribution in [1.82, 2.24) is 5.32 Å². The summed E-state index contributed by atoms with van der Waals surface area (Å²) in [5.74, 6) is 0. The molecular weight excluding hydrogens is 206 g/mol. The van der Waals surface area contributed by atoms with Crippen molar-refractivity contribution in [1.29, 1.82) is 0 Å². The van der Waals surface area contributed by atoms with Gasteiger partial charge in [-0.05, 0) is 20.8 Å². The lowest BCUT2D eigenvalue weighted by molar-refractivity contribution is 0.208. The highest BCUT2D eigenvalue weighted by atomic mass is 32.1. The Balaban J connectivity index is 0.000000262. The minimum absolute atomic E-state index is 0.0974. The van der Waals surface area contributed by atoms with E-state index in [2.05, 4.69) is 36.6 Å². The quantitative estimate of drug-likeness (QED) is 0.774. The minimum Gasteiger partial charge on any atom is -0.394 e. The second-order valence-electron chi connectivity index (χ2n) is 3.96. The first-order valence-corrected chi connectivity index (χ1v) is 5.33. The van der Waals surface area contributed by atoms with E-state index in [0.717, 1.165) is 0 Å². The summed E-state index contributed by atoms with van der Waals surface area (Å²) in [5, 5.41) is 11.4. The summed E-state index contributed by atoms with van der Waals surface area (Å²) < 4.78 is 0. The topological polar surface area (TPSA) is 32.3 Å². The second kappa shape index (κ2) is 7.37. The maximum Gasteiger partial charge on any atom is 0.0656 e. The molecule has 0 spiro atoms. The Morgan fingerprint density at radius 3 is 2.07 bits per heavy atom. The van der Waals surface area contributed by atoms with Gasteiger partial charge in [0.05, 0.1) is 17.6 Å². The van der Waals surface area contributed by atoms with Crippen LogP contribution in [0.15, 0.2) is 30.3 Å². The smallest absolute Gasteiger partial charge is 0.0656 e. The molecule has 0 aromatic heterocycles. The van der Waals surface area contributed by atoms with Crippen molar-refractivity contribution in [3.8, 4) is 0 Å². The molecule has 0 unspecified atom stereocenters. The van der Waals surface area contributed by atoms with E-state index in [1.54, 1.807) is 0 Å². The molecule has 0 aliphatic carbocycles. The summed E-state index contributed by atoms with van der Waals surface area (Å²) in [6.07, 6.45) is 0. The number of benzene rings is 1. The van der Waals surface area contributed by atoms with Gasteiger partial charge in [-0.2, -0.15) is 0 Å². The number of thiocarbonyl (C=S) groups is 1. The maximum absolute atomic E-state index is 8.60. The minimum atomic E-state index is -0.262. The molecule has 1 aromatic carbocycles. The van der Waals surface area contributed by atoms with Gasteiger partial charge in [0.15, 0.2) is 0 Å². The van der Waals surface area contributed by atoms with Crippen LogP contribution in [-0.4, -0.2) is 22.7 Å². The van der Waals surface area contributed by atoms with Crippen molar-refractivity contribution in [3.05, 3.63) is 35.9 Å². The third-order valence-electron chi connectivity index (χ3n) is 1.79. The molecule has 84 valence electrons. The third-order valence-corrected chi connectivity index (χ3v) is 1.90. The average Bonchev–Trinajstić information content (AvgIpc) is 2.20. The highest BCUT2D eigenvalue weighted by molar-refractivity contribution is 7.78. The largest absolute Gasteiger partial charge is 0.394 e. The van der Waals surface area contributed by atoms with E-state index < -0.39 is 0 Å². The second-order valence-corrected chi connectivity index (χ2v) is 4.19. The predicted molar refractivity (Wildman–Crippen MR) is 69.1 cm³/mol. The van der Waals surface area contributed by atoms with Crippen LogP contribution in [0, 0.1) is 6.92 Å². The van der Waals surface area contributed by atoms with Crippen LogP contribution in [0.1, 0.15) is 19.4 Å². The van der Waals surface area contributed by atoms with E-state index >= 15 is 0 Å². The number of aryl methyl sites for hydroxylation is 1. The van der Waals surface area contributed by atoms with E-state index in [9.17, 15) is 0 Å². The van der Waals surface area contributed by atoms with Crippen molar-refractivity contribution in [2.24, 2.45) is 0 Å². The lowest BCUT2D eigenvalue weighted by Crippen LogP contribution is -2.41. The summed E-state index contributed by atoms with van der Waals surface area (Å²) in [5.41, 5.74) is 2.47. The van der Waals surface area contributed by atoms with Gasteiger partial charge in [-0.3, -0.25) is 0 Å². The molecule has 3 heteroatoms. The fraction of sp³-hybridized carbons (Fsp3) is 0.417. The van der Waals surface area contributed by atoms with Gasteiger partial charge in [0, 0.05) is 0 Å². The Morgan fingerprint density at radius 1 is 1.33 bits per heavy atom. The van der Waals surface area contributed by atoms with Gasteiger partial charge in [-0.15, -0.1) is 0 Å². The third kappa shape index (κ3) is 8.09. The summed E-state index contributed by atoms with van der Waals surface area (Å²) in [6.45, 7) is 5.92. The van der Waals surface area contributed by atoms with Gasteiger partial charge in [0.25, 0.3) is 0 Å². The molecule has 2 N–H and O–H groups in total. The van der Waals surface area contributed by atoms with Crippen LogP contribution < -0.4 is 5.32 Å². The normalized spacial score (nSPS) is 9.87. The fourth-order valence-electron chi connectivity index (χ4n) is 0.740. The SMILES string of the molecule is CC(C)(CO)NC=S.Cc1ccccc1. The van der Waals surface area contributed by atoms with Gasteiger partial charge in [-0.1, -0.05) is 48.1 Å². The molecule has 0 atom stereocenters. The maximum atomic E-state index is 8.60. The zero-order chi connectivity index (χ0) is 11.7. The number of aliphatic hydroxyl groups excluding tert-OH is 1. The summed E-state index contributed by atoms with van der Waals surface area (Å²) in [4.78, 5) is 0. The molecule has 0 aliphatic rings. The molecular formula is C12H19NOS. The molecule has 1 rings (SSSR count). The standard InChI is InChI=1S/C7H8.C5H11NOS/c1-7-5-3-2-4-6-7;1-5(2,3-7)6-4-8/h2-6H,1H3;4,7H,3H2,1-2H3,(H,6,8). The fourth-order valence-corrected chi connectivity index (χ4v) is 1.06. The zero-order valence-corrected chi connectivity index (χ0v) is 10.3. The van der Waals surface area contributed by atoms with Crippen molar-refractivity contribution in [3.63, 3.8) is 0 Å². The molecule has 0 radical (unpaired) electrons. The Labute approximate surface area is 97.3 Å². The number of hydrogen-bond acceptors (Lipinski definition) is 2. The van der Waals surface area contributed by atoms with Gasteiger partial charge < -0.3 is 10.4 Å². The highest BCUT2D eigenvalue weighted by Gasteiger charge is 2.11. The summed E-state index contributed by atoms with van der Waals surface area (Å²) in [7, 11) is 0. The highest BCUT2D eigenvalue weighted by Crippen LogP contribution is 1.96. The van der Waals surface area contributed by atoms with Crippen LogP contribution in [-0.2, 0) is 0 Å². The van der Waals surface area contributed by atoms with E-state index in [0.29, 0.717) is 0 Å². The molecule has 0 bridgehead atoms. The molecule has 0 saturated carbocycles. The first-order chi connectivity index (χ1) is 7.02. The Morgan fingerprint density at radius 2 is 1.87 bits per heavy atom. The summed E-state index contributed by atoms with van der Waals surface area (Å²) in [6, 6.07) is 10.3. The lowest BCUT2D eigenvalue weighted by Gasteiger charge is -2.20. The van der Waals surface area contributed by atoms with Crippen LogP contribution >= 0.6 is 12.2 Å². The summed E-state index contributed by atoms with van der Waals surface area (Å²) >= 11 is 4.52. The van der Waals surface area contributed by atoms with Crippen molar-refractivity contribution < 1.29 is 5.11 Å². The first-order valence-electron chi connectivity index (χ1n) is 4.85. The van der Waals surface area contributed by atoms with Crippen LogP contribution in [0.25, 0.3) is 0 Å². The van der Waals surface area contributed by atoms with Crippen molar-refractivity contribution in [2.75, 3.05) is 6.61 Å². The average molecular weight is 225 g/mol. The zero-order valence-electron chi connectivity index (χ0n) is 9.53. The van der Waals surface area contributed by atoms with Gasteiger partial charge in [-0.25, -0.2) is 0 Å². The monoisotopic (exact) mass is 225 g/mol. The van der Waals surface area contributed by atoms with Gasteiger partial charge in [0.1, 0.15) is 0 Å². The molecule has 0 fully saturated rings. The lowest BCUT2D eigenvalue weighted by atomic mass is 10.1. The van der Waals surface area contributed by atoms with Crippen molar-refractivity contribution >= 4 is 17.7 Å². The number of nitrogens with one attached hydrogen (secondary N) is 1. The van der Waals surface area contributed by atoms with E-state index in [1.165, 1.54) is 11.1 Å². The predicted octanol–water partition coefficient (Wildman–Crippen LogP) is 2.30. The van der Waals surface area contributed by atoms with E-state index in [-0.39, 0.29) is 12.1 Å². The van der Waals surface area contributed by atoms with Crippen LogP contribution in [0.2, 0.25) is 0 Å². The van der Waals surface area contributed by atoms with Crippen LogP contribution in [0.5, 0.6) is 0 Å². The molecule has 0 amide bonds. The molecule has 15 heavy (non-hydrogen) atoms. The molecule has 0 heterocycles. The molecule has 2 nitrogen and oxygen atoms in total. The number of aliphatic hydroxyl groups is 1. The number of hydrogen-bond donors (Lipinski definition) is 2. The van der Waals surface area contributed by atoms with Crippen LogP contribution in [0.3, 0.4) is 0 Å². The molecule has 1 aromatic rings. The van der Waals surface area contributed by atoms with E-state index in [1.807, 2.05) is 32.0 Å². The first kappa shape index (κ1) is 14.1. The Hall–Kier alpha value is -0.930. The Kier molecular flexibility index (Phi) is 6.92. The van der Waals surface area contributed by atoms with Gasteiger partial charge >= 0.3 is 0 Å². The number of rotatable bonds is 3.